The minimum absolute atomic E-state index is 0.254. The molecule has 5 heteroatoms. The second-order valence-electron chi connectivity index (χ2n) is 7.60. The van der Waals surface area contributed by atoms with E-state index in [1.54, 1.807) is 0 Å². The molecule has 0 aromatic heterocycles. The van der Waals surface area contributed by atoms with Crippen molar-refractivity contribution in [3.05, 3.63) is 0 Å². The third-order valence-electron chi connectivity index (χ3n) is 5.45. The highest BCUT2D eigenvalue weighted by Gasteiger charge is 2.23. The summed E-state index contributed by atoms with van der Waals surface area (Å²) in [6.45, 7) is 10.0. The molecule has 2 aliphatic rings. The van der Waals surface area contributed by atoms with Gasteiger partial charge in [0.2, 0.25) is 5.91 Å². The van der Waals surface area contributed by atoms with E-state index in [9.17, 15) is 4.79 Å². The lowest BCUT2D eigenvalue weighted by Crippen LogP contribution is -2.45. The van der Waals surface area contributed by atoms with Crippen LogP contribution in [-0.2, 0) is 4.79 Å². The van der Waals surface area contributed by atoms with Crippen molar-refractivity contribution in [3.8, 4) is 0 Å². The van der Waals surface area contributed by atoms with Gasteiger partial charge in [-0.15, -0.1) is 0 Å². The monoisotopic (exact) mass is 336 g/mol. The highest BCUT2D eigenvalue weighted by Crippen LogP contribution is 2.29. The third-order valence-corrected chi connectivity index (χ3v) is 5.45. The highest BCUT2D eigenvalue weighted by molar-refractivity contribution is 5.81. The second-order valence-corrected chi connectivity index (χ2v) is 7.60. The van der Waals surface area contributed by atoms with Gasteiger partial charge < -0.3 is 15.5 Å². The molecule has 0 aromatic rings. The summed E-state index contributed by atoms with van der Waals surface area (Å²) >= 11 is 0. The SMILES string of the molecule is CCNC(=NCCC(=O)N1CCCC1)NC1CCC(C(C)C)CC1. The van der Waals surface area contributed by atoms with Crippen LogP contribution >= 0.6 is 0 Å². The van der Waals surface area contributed by atoms with E-state index in [1.165, 1.54) is 25.7 Å². The molecular formula is C19H36N4O. The van der Waals surface area contributed by atoms with Gasteiger partial charge in [-0.25, -0.2) is 0 Å². The minimum Gasteiger partial charge on any atom is -0.357 e. The lowest BCUT2D eigenvalue weighted by molar-refractivity contribution is -0.129. The first kappa shape index (κ1) is 19.1. The van der Waals surface area contributed by atoms with Crippen molar-refractivity contribution in [2.45, 2.75) is 71.8 Å². The number of rotatable bonds is 6. The summed E-state index contributed by atoms with van der Waals surface area (Å²) in [7, 11) is 0. The van der Waals surface area contributed by atoms with E-state index in [1.807, 2.05) is 4.90 Å². The number of aliphatic imine (C=N–C) groups is 1. The summed E-state index contributed by atoms with van der Waals surface area (Å²) in [5.74, 6) is 2.80. The number of likely N-dealkylation sites (tertiary alicyclic amines) is 1. The molecule has 0 unspecified atom stereocenters. The summed E-state index contributed by atoms with van der Waals surface area (Å²) in [4.78, 5) is 18.7. The van der Waals surface area contributed by atoms with Crippen molar-refractivity contribution < 1.29 is 4.79 Å². The van der Waals surface area contributed by atoms with Crippen molar-refractivity contribution >= 4 is 11.9 Å². The Labute approximate surface area is 147 Å². The van der Waals surface area contributed by atoms with E-state index in [0.717, 1.165) is 50.3 Å². The summed E-state index contributed by atoms with van der Waals surface area (Å²) in [5, 5.41) is 6.89. The van der Waals surface area contributed by atoms with Crippen LogP contribution in [0.15, 0.2) is 4.99 Å². The standard InChI is InChI=1S/C19H36N4O/c1-4-20-19(21-12-11-18(24)23-13-5-6-14-23)22-17-9-7-16(8-10-17)15(2)3/h15-17H,4-14H2,1-3H3,(H2,20,21,22). The largest absolute Gasteiger partial charge is 0.357 e. The average molecular weight is 337 g/mol. The van der Waals surface area contributed by atoms with Crippen LogP contribution in [0.3, 0.4) is 0 Å². The Balaban J connectivity index is 1.75. The maximum absolute atomic E-state index is 12.1. The molecule has 138 valence electrons. The van der Waals surface area contributed by atoms with Crippen molar-refractivity contribution in [2.24, 2.45) is 16.8 Å². The Bertz CT molecular complexity index is 408. The number of amides is 1. The third kappa shape index (κ3) is 5.99. The molecule has 1 aliphatic heterocycles. The van der Waals surface area contributed by atoms with E-state index in [0.29, 0.717) is 19.0 Å². The molecule has 1 aliphatic carbocycles. The number of carbonyl (C=O) groups is 1. The zero-order chi connectivity index (χ0) is 17.4. The molecule has 5 nitrogen and oxygen atoms in total. The van der Waals surface area contributed by atoms with Gasteiger partial charge in [-0.05, 0) is 57.3 Å². The lowest BCUT2D eigenvalue weighted by atomic mass is 9.80. The Morgan fingerprint density at radius 3 is 2.42 bits per heavy atom. The molecule has 2 N–H and O–H groups in total. The average Bonchev–Trinajstić information content (AvgIpc) is 3.10. The number of nitrogens with one attached hydrogen (secondary N) is 2. The first-order chi connectivity index (χ1) is 11.6. The molecule has 1 saturated heterocycles. The fourth-order valence-corrected chi connectivity index (χ4v) is 3.83. The van der Waals surface area contributed by atoms with E-state index in [-0.39, 0.29) is 5.91 Å². The Kier molecular flexibility index (Phi) is 7.86. The van der Waals surface area contributed by atoms with Crippen LogP contribution in [0.2, 0.25) is 0 Å². The van der Waals surface area contributed by atoms with Crippen LogP contribution in [-0.4, -0.2) is 49.0 Å². The molecule has 1 saturated carbocycles. The lowest BCUT2D eigenvalue weighted by Gasteiger charge is -2.32. The number of hydrogen-bond acceptors (Lipinski definition) is 2. The highest BCUT2D eigenvalue weighted by atomic mass is 16.2. The predicted octanol–water partition coefficient (Wildman–Crippen LogP) is 2.77. The van der Waals surface area contributed by atoms with E-state index in [4.69, 9.17) is 0 Å². The molecule has 1 heterocycles. The van der Waals surface area contributed by atoms with Crippen LogP contribution in [0.5, 0.6) is 0 Å². The molecule has 0 bridgehead atoms. The van der Waals surface area contributed by atoms with E-state index >= 15 is 0 Å². The van der Waals surface area contributed by atoms with Crippen molar-refractivity contribution in [2.75, 3.05) is 26.2 Å². The van der Waals surface area contributed by atoms with Crippen LogP contribution in [0.25, 0.3) is 0 Å². The molecule has 0 atom stereocenters. The molecular weight excluding hydrogens is 300 g/mol. The molecule has 1 amide bonds. The Morgan fingerprint density at radius 2 is 1.83 bits per heavy atom. The van der Waals surface area contributed by atoms with Crippen molar-refractivity contribution in [1.82, 2.24) is 15.5 Å². The smallest absolute Gasteiger partial charge is 0.224 e. The molecule has 0 aromatic carbocycles. The molecule has 0 spiro atoms. The van der Waals surface area contributed by atoms with Gasteiger partial charge in [0, 0.05) is 32.1 Å². The van der Waals surface area contributed by atoms with Crippen LogP contribution in [0.1, 0.15) is 65.7 Å². The number of carbonyl (C=O) groups excluding carboxylic acids is 1. The van der Waals surface area contributed by atoms with Gasteiger partial charge in [0.05, 0.1) is 6.54 Å². The first-order valence-electron chi connectivity index (χ1n) is 9.92. The van der Waals surface area contributed by atoms with Crippen molar-refractivity contribution in [1.29, 1.82) is 0 Å². The molecule has 0 radical (unpaired) electrons. The van der Waals surface area contributed by atoms with Crippen LogP contribution < -0.4 is 10.6 Å². The quantitative estimate of drug-likeness (QED) is 0.579. The van der Waals surface area contributed by atoms with E-state index < -0.39 is 0 Å². The zero-order valence-corrected chi connectivity index (χ0v) is 15.8. The summed E-state index contributed by atoms with van der Waals surface area (Å²) in [5.41, 5.74) is 0. The molecule has 2 fully saturated rings. The van der Waals surface area contributed by atoms with Gasteiger partial charge in [-0.3, -0.25) is 9.79 Å². The maximum atomic E-state index is 12.1. The Morgan fingerprint density at radius 1 is 1.17 bits per heavy atom. The minimum atomic E-state index is 0.254. The van der Waals surface area contributed by atoms with Crippen LogP contribution in [0.4, 0.5) is 0 Å². The van der Waals surface area contributed by atoms with Gasteiger partial charge in [-0.2, -0.15) is 0 Å². The summed E-state index contributed by atoms with van der Waals surface area (Å²) in [6, 6.07) is 0.520. The zero-order valence-electron chi connectivity index (χ0n) is 15.8. The number of hydrogen-bond donors (Lipinski definition) is 2. The summed E-state index contributed by atoms with van der Waals surface area (Å²) in [6.07, 6.45) is 7.89. The maximum Gasteiger partial charge on any atom is 0.224 e. The van der Waals surface area contributed by atoms with Gasteiger partial charge in [-0.1, -0.05) is 13.8 Å². The predicted molar refractivity (Wildman–Crippen MR) is 100 cm³/mol. The normalized spacial score (nSPS) is 25.2. The van der Waals surface area contributed by atoms with Gasteiger partial charge in [0.1, 0.15) is 0 Å². The number of guanidine groups is 1. The summed E-state index contributed by atoms with van der Waals surface area (Å²) < 4.78 is 0. The van der Waals surface area contributed by atoms with E-state index in [2.05, 4.69) is 36.4 Å². The van der Waals surface area contributed by atoms with Gasteiger partial charge in [0.25, 0.3) is 0 Å². The first-order valence-corrected chi connectivity index (χ1v) is 9.92. The molecule has 2 rings (SSSR count). The topological polar surface area (TPSA) is 56.7 Å². The van der Waals surface area contributed by atoms with Crippen molar-refractivity contribution in [3.63, 3.8) is 0 Å². The fraction of sp³-hybridized carbons (Fsp3) is 0.895. The van der Waals surface area contributed by atoms with Gasteiger partial charge >= 0.3 is 0 Å². The molecule has 24 heavy (non-hydrogen) atoms. The fourth-order valence-electron chi connectivity index (χ4n) is 3.83. The second kappa shape index (κ2) is 9.90. The Hall–Kier alpha value is -1.26. The number of nitrogens with zero attached hydrogens (tertiary/aromatic N) is 2. The van der Waals surface area contributed by atoms with Crippen LogP contribution in [0, 0.1) is 11.8 Å². The van der Waals surface area contributed by atoms with Gasteiger partial charge in [0.15, 0.2) is 5.96 Å².